The topological polar surface area (TPSA) is 64.8 Å². The third-order valence-electron chi connectivity index (χ3n) is 2.86. The van der Waals surface area contributed by atoms with Crippen molar-refractivity contribution in [3.63, 3.8) is 0 Å². The molecular formula is C13H15BrClN3O2S. The predicted molar refractivity (Wildman–Crippen MR) is 85.0 cm³/mol. The van der Waals surface area contributed by atoms with Crippen molar-refractivity contribution < 1.29 is 8.42 Å². The molecule has 2 rings (SSSR count). The number of aromatic nitrogens is 3. The molecule has 21 heavy (non-hydrogen) atoms. The Morgan fingerprint density at radius 3 is 2.24 bits per heavy atom. The molecule has 1 aromatic heterocycles. The van der Waals surface area contributed by atoms with Crippen LogP contribution in [0.4, 0.5) is 0 Å². The van der Waals surface area contributed by atoms with Crippen LogP contribution < -0.4 is 0 Å². The molecule has 0 aliphatic carbocycles. The van der Waals surface area contributed by atoms with Gasteiger partial charge in [0.25, 0.3) is 14.2 Å². The first-order chi connectivity index (χ1) is 9.59. The van der Waals surface area contributed by atoms with Crippen LogP contribution in [-0.2, 0) is 21.0 Å². The smallest absolute Gasteiger partial charge is 0.295 e. The molecule has 1 aromatic carbocycles. The summed E-state index contributed by atoms with van der Waals surface area (Å²) in [4.78, 5) is 0. The Hall–Kier alpha value is -0.920. The van der Waals surface area contributed by atoms with Crippen molar-refractivity contribution in [2.45, 2.75) is 37.9 Å². The second-order valence-electron chi connectivity index (χ2n) is 5.65. The summed E-state index contributed by atoms with van der Waals surface area (Å²) >= 11 is 3.38. The maximum atomic E-state index is 11.6. The van der Waals surface area contributed by atoms with Gasteiger partial charge in [0.05, 0.1) is 0 Å². The molecule has 0 amide bonds. The summed E-state index contributed by atoms with van der Waals surface area (Å²) in [7, 11) is 1.51. The SMILES string of the molecule is CC(C)(C)n1c(Cc2ccc(Br)cc2)nnc1S(=O)(=O)Cl. The van der Waals surface area contributed by atoms with E-state index in [0.717, 1.165) is 10.0 Å². The van der Waals surface area contributed by atoms with Crippen LogP contribution in [0.2, 0.25) is 0 Å². The fraction of sp³-hybridized carbons (Fsp3) is 0.385. The van der Waals surface area contributed by atoms with Crippen LogP contribution in [0, 0.1) is 0 Å². The van der Waals surface area contributed by atoms with Gasteiger partial charge < -0.3 is 0 Å². The molecule has 0 fully saturated rings. The summed E-state index contributed by atoms with van der Waals surface area (Å²) in [6.07, 6.45) is 0.476. The summed E-state index contributed by atoms with van der Waals surface area (Å²) in [5, 5.41) is 7.54. The second-order valence-corrected chi connectivity index (χ2v) is 9.02. The number of hydrogen-bond donors (Lipinski definition) is 0. The number of nitrogens with zero attached hydrogens (tertiary/aromatic N) is 3. The van der Waals surface area contributed by atoms with Gasteiger partial charge in [-0.3, -0.25) is 4.57 Å². The van der Waals surface area contributed by atoms with Gasteiger partial charge in [-0.15, -0.1) is 10.2 Å². The van der Waals surface area contributed by atoms with Crippen molar-refractivity contribution in [1.82, 2.24) is 14.8 Å². The first-order valence-electron chi connectivity index (χ1n) is 6.23. The fourth-order valence-electron chi connectivity index (χ4n) is 2.03. The van der Waals surface area contributed by atoms with Crippen LogP contribution in [-0.4, -0.2) is 23.2 Å². The molecule has 5 nitrogen and oxygen atoms in total. The first-order valence-corrected chi connectivity index (χ1v) is 9.33. The lowest BCUT2D eigenvalue weighted by Gasteiger charge is -2.24. The largest absolute Gasteiger partial charge is 0.296 e. The molecule has 1 heterocycles. The normalized spacial score (nSPS) is 12.6. The molecule has 0 aliphatic rings. The number of rotatable bonds is 3. The van der Waals surface area contributed by atoms with E-state index in [4.69, 9.17) is 10.7 Å². The van der Waals surface area contributed by atoms with E-state index in [-0.39, 0.29) is 5.16 Å². The lowest BCUT2D eigenvalue weighted by molar-refractivity contribution is 0.352. The zero-order valence-corrected chi connectivity index (χ0v) is 15.0. The van der Waals surface area contributed by atoms with Gasteiger partial charge in [0.15, 0.2) is 0 Å². The van der Waals surface area contributed by atoms with E-state index in [2.05, 4.69) is 26.1 Å². The monoisotopic (exact) mass is 391 g/mol. The number of halogens is 2. The summed E-state index contributed by atoms with van der Waals surface area (Å²) < 4.78 is 25.8. The standard InChI is InChI=1S/C13H15BrClN3O2S/c1-13(2,3)18-11(16-17-12(18)21(15,19)20)8-9-4-6-10(14)7-5-9/h4-7H,8H2,1-3H3. The van der Waals surface area contributed by atoms with Crippen LogP contribution in [0.25, 0.3) is 0 Å². The van der Waals surface area contributed by atoms with Crippen molar-refractivity contribution in [3.05, 3.63) is 40.1 Å². The summed E-state index contributed by atoms with van der Waals surface area (Å²) in [6.45, 7) is 5.65. The zero-order valence-electron chi connectivity index (χ0n) is 11.8. The van der Waals surface area contributed by atoms with Crippen LogP contribution in [0.1, 0.15) is 32.2 Å². The van der Waals surface area contributed by atoms with Crippen LogP contribution in [0.3, 0.4) is 0 Å². The molecule has 0 radical (unpaired) electrons. The summed E-state index contributed by atoms with van der Waals surface area (Å²) in [5.41, 5.74) is 0.514. The summed E-state index contributed by atoms with van der Waals surface area (Å²) in [6, 6.07) is 7.74. The highest BCUT2D eigenvalue weighted by molar-refractivity contribution is 9.10. The van der Waals surface area contributed by atoms with Crippen molar-refractivity contribution in [3.8, 4) is 0 Å². The minimum absolute atomic E-state index is 0.219. The number of benzene rings is 1. The maximum absolute atomic E-state index is 11.6. The number of hydrogen-bond acceptors (Lipinski definition) is 4. The molecular weight excluding hydrogens is 378 g/mol. The highest BCUT2D eigenvalue weighted by Crippen LogP contribution is 2.25. The van der Waals surface area contributed by atoms with Gasteiger partial charge in [-0.25, -0.2) is 8.42 Å². The van der Waals surface area contributed by atoms with Crippen molar-refractivity contribution in [2.24, 2.45) is 0 Å². The molecule has 0 bridgehead atoms. The fourth-order valence-corrected chi connectivity index (χ4v) is 3.33. The van der Waals surface area contributed by atoms with Crippen molar-refractivity contribution in [1.29, 1.82) is 0 Å². The molecule has 0 aliphatic heterocycles. The molecule has 114 valence electrons. The van der Waals surface area contributed by atoms with Crippen molar-refractivity contribution >= 4 is 35.7 Å². The molecule has 8 heteroatoms. The Labute approximate surface area is 136 Å². The van der Waals surface area contributed by atoms with Gasteiger partial charge in [-0.05, 0) is 38.5 Å². The van der Waals surface area contributed by atoms with Gasteiger partial charge in [0.2, 0.25) is 0 Å². The first kappa shape index (κ1) is 16.5. The van der Waals surface area contributed by atoms with E-state index in [1.807, 2.05) is 45.0 Å². The summed E-state index contributed by atoms with van der Waals surface area (Å²) in [5.74, 6) is 0.559. The van der Waals surface area contributed by atoms with Crippen LogP contribution in [0.5, 0.6) is 0 Å². The molecule has 0 saturated carbocycles. The second kappa shape index (κ2) is 5.70. The highest BCUT2D eigenvalue weighted by Gasteiger charge is 2.29. The minimum atomic E-state index is -3.94. The third-order valence-corrected chi connectivity index (χ3v) is 4.51. The maximum Gasteiger partial charge on any atom is 0.296 e. The third kappa shape index (κ3) is 3.84. The average molecular weight is 393 g/mol. The quantitative estimate of drug-likeness (QED) is 0.752. The van der Waals surface area contributed by atoms with E-state index >= 15 is 0 Å². The van der Waals surface area contributed by atoms with Gasteiger partial charge in [-0.2, -0.15) is 0 Å². The van der Waals surface area contributed by atoms with E-state index < -0.39 is 14.6 Å². The van der Waals surface area contributed by atoms with Gasteiger partial charge in [0.1, 0.15) is 5.82 Å². The van der Waals surface area contributed by atoms with Gasteiger partial charge in [-0.1, -0.05) is 28.1 Å². The Kier molecular flexibility index (Phi) is 4.46. The Morgan fingerprint density at radius 1 is 1.19 bits per heavy atom. The molecule has 0 saturated heterocycles. The molecule has 0 unspecified atom stereocenters. The molecule has 0 spiro atoms. The lowest BCUT2D eigenvalue weighted by Crippen LogP contribution is -2.27. The molecule has 0 N–H and O–H groups in total. The van der Waals surface area contributed by atoms with E-state index in [1.165, 1.54) is 0 Å². The lowest BCUT2D eigenvalue weighted by atomic mass is 10.1. The van der Waals surface area contributed by atoms with E-state index in [0.29, 0.717) is 12.2 Å². The minimum Gasteiger partial charge on any atom is -0.295 e. The molecule has 0 atom stereocenters. The van der Waals surface area contributed by atoms with Crippen molar-refractivity contribution in [2.75, 3.05) is 0 Å². The van der Waals surface area contributed by atoms with Gasteiger partial charge in [0, 0.05) is 27.1 Å². The van der Waals surface area contributed by atoms with E-state index in [9.17, 15) is 8.42 Å². The Morgan fingerprint density at radius 2 is 1.76 bits per heavy atom. The highest BCUT2D eigenvalue weighted by atomic mass is 79.9. The average Bonchev–Trinajstić information content (AvgIpc) is 2.75. The Balaban J connectivity index is 2.50. The van der Waals surface area contributed by atoms with Crippen LogP contribution >= 0.6 is 26.6 Å². The van der Waals surface area contributed by atoms with E-state index in [1.54, 1.807) is 4.57 Å². The van der Waals surface area contributed by atoms with Gasteiger partial charge >= 0.3 is 0 Å². The zero-order chi connectivity index (χ0) is 15.8. The predicted octanol–water partition coefficient (Wildman–Crippen LogP) is 3.31. The van der Waals surface area contributed by atoms with Crippen LogP contribution in [0.15, 0.2) is 33.9 Å². The molecule has 2 aromatic rings. The Bertz CT molecular complexity index is 749.